The molecule has 3 aromatic rings. The molecule has 0 fully saturated rings. The first-order valence-corrected chi connectivity index (χ1v) is 17.9. The quantitative estimate of drug-likeness (QED) is 0.121. The lowest BCUT2D eigenvalue weighted by molar-refractivity contribution is 0.0480. The van der Waals surface area contributed by atoms with E-state index in [9.17, 15) is 56.6 Å². The van der Waals surface area contributed by atoms with Gasteiger partial charge in [0.05, 0.1) is 37.6 Å². The summed E-state index contributed by atoms with van der Waals surface area (Å²) in [5.74, 6) is -2.01. The molecule has 2 N–H and O–H groups in total. The van der Waals surface area contributed by atoms with Crippen LogP contribution in [0.3, 0.4) is 0 Å². The van der Waals surface area contributed by atoms with E-state index < -0.39 is 42.0 Å². The van der Waals surface area contributed by atoms with Crippen LogP contribution < -0.4 is 19.9 Å². The monoisotopic (exact) mass is 748 g/mol. The number of hydrogen-bond donors (Lipinski definition) is 2. The SMILES string of the molecule is N#CC(C#N)=c1cc(OCCCCOC(=O)c2ccccc2S(=O)(=O)O)c(=C(C#N)C#N)cc1OCCCCOC(=O)c1ccccc1S(=O)(=O)O. The van der Waals surface area contributed by atoms with Crippen molar-refractivity contribution in [2.24, 2.45) is 0 Å². The van der Waals surface area contributed by atoms with E-state index in [2.05, 4.69) is 0 Å². The predicted molar refractivity (Wildman–Crippen MR) is 177 cm³/mol. The van der Waals surface area contributed by atoms with E-state index in [1.165, 1.54) is 48.5 Å². The Kier molecular flexibility index (Phi) is 14.4. The molecule has 52 heavy (non-hydrogen) atoms. The topological polar surface area (TPSA) is 275 Å². The summed E-state index contributed by atoms with van der Waals surface area (Å²) in [4.78, 5) is 23.6. The first-order valence-electron chi connectivity index (χ1n) is 15.0. The molecule has 268 valence electrons. The van der Waals surface area contributed by atoms with E-state index in [1.807, 2.05) is 0 Å². The number of carbonyl (C=O) groups excluding carboxylic acids is 2. The molecule has 18 heteroatoms. The average Bonchev–Trinajstić information content (AvgIpc) is 3.12. The van der Waals surface area contributed by atoms with E-state index in [0.717, 1.165) is 12.1 Å². The summed E-state index contributed by atoms with van der Waals surface area (Å²) in [6.07, 6.45) is 0.972. The van der Waals surface area contributed by atoms with E-state index in [0.29, 0.717) is 0 Å². The predicted octanol–water partition coefficient (Wildman–Crippen LogP) is 2.61. The molecule has 0 unspecified atom stereocenters. The van der Waals surface area contributed by atoms with Crippen LogP contribution in [0.15, 0.2) is 70.5 Å². The summed E-state index contributed by atoms with van der Waals surface area (Å²) >= 11 is 0. The molecule has 0 radical (unpaired) electrons. The van der Waals surface area contributed by atoms with Crippen molar-refractivity contribution in [2.75, 3.05) is 26.4 Å². The van der Waals surface area contributed by atoms with Gasteiger partial charge in [-0.15, -0.1) is 0 Å². The van der Waals surface area contributed by atoms with Crippen molar-refractivity contribution in [1.29, 1.82) is 21.0 Å². The third-order valence-electron chi connectivity index (χ3n) is 6.90. The third kappa shape index (κ3) is 10.9. The second-order valence-electron chi connectivity index (χ2n) is 10.4. The van der Waals surface area contributed by atoms with E-state index in [-0.39, 0.29) is 96.3 Å². The molecule has 0 saturated heterocycles. The normalized spacial score (nSPS) is 10.7. The van der Waals surface area contributed by atoms with Gasteiger partial charge in [0.1, 0.15) is 56.7 Å². The fourth-order valence-corrected chi connectivity index (χ4v) is 5.82. The largest absolute Gasteiger partial charge is 0.493 e. The third-order valence-corrected chi connectivity index (χ3v) is 8.72. The Morgan fingerprint density at radius 3 is 1.21 bits per heavy atom. The summed E-state index contributed by atoms with van der Waals surface area (Å²) in [5.41, 5.74) is -1.43. The molecule has 0 aliphatic carbocycles. The summed E-state index contributed by atoms with van der Waals surface area (Å²) < 4.78 is 86.7. The number of esters is 2. The van der Waals surface area contributed by atoms with Crippen LogP contribution in [0.4, 0.5) is 0 Å². The minimum absolute atomic E-state index is 0.00124. The van der Waals surface area contributed by atoms with Crippen LogP contribution >= 0.6 is 0 Å². The molecule has 0 saturated carbocycles. The highest BCUT2D eigenvalue weighted by atomic mass is 32.2. The van der Waals surface area contributed by atoms with Crippen LogP contribution in [0.25, 0.3) is 11.1 Å². The first-order chi connectivity index (χ1) is 24.8. The van der Waals surface area contributed by atoms with Crippen LogP contribution in [0.5, 0.6) is 11.5 Å². The summed E-state index contributed by atoms with van der Waals surface area (Å²) in [6.45, 7) is -0.396. The molecule has 0 aromatic heterocycles. The van der Waals surface area contributed by atoms with E-state index in [4.69, 9.17) is 18.9 Å². The Morgan fingerprint density at radius 1 is 0.558 bits per heavy atom. The van der Waals surface area contributed by atoms with Gasteiger partial charge < -0.3 is 18.9 Å². The molecule has 0 heterocycles. The number of nitrogens with zero attached hydrogens (tertiary/aromatic N) is 4. The molecule has 0 amide bonds. The van der Waals surface area contributed by atoms with Gasteiger partial charge in [-0.2, -0.15) is 37.9 Å². The molecular weight excluding hydrogens is 721 g/mol. The van der Waals surface area contributed by atoms with Gasteiger partial charge in [-0.3, -0.25) is 9.11 Å². The maximum absolute atomic E-state index is 12.4. The van der Waals surface area contributed by atoms with Gasteiger partial charge >= 0.3 is 11.9 Å². The molecule has 0 aliphatic rings. The number of unbranched alkanes of at least 4 members (excludes halogenated alkanes) is 2. The van der Waals surface area contributed by atoms with Crippen molar-refractivity contribution in [3.05, 3.63) is 82.2 Å². The molecule has 0 aliphatic heterocycles. The Labute approximate surface area is 298 Å². The zero-order chi connectivity index (χ0) is 38.3. The number of rotatable bonds is 16. The summed E-state index contributed by atoms with van der Waals surface area (Å²) in [6, 6.07) is 19.5. The minimum Gasteiger partial charge on any atom is -0.493 e. The molecule has 0 bridgehead atoms. The van der Waals surface area contributed by atoms with Crippen molar-refractivity contribution in [2.45, 2.75) is 35.5 Å². The van der Waals surface area contributed by atoms with Gasteiger partial charge in [-0.1, -0.05) is 24.3 Å². The van der Waals surface area contributed by atoms with Crippen LogP contribution in [0.2, 0.25) is 0 Å². The fraction of sp³-hybridized carbons (Fsp3) is 0.235. The Hall–Kier alpha value is -6.28. The number of hydrogen-bond acceptors (Lipinski definition) is 14. The smallest absolute Gasteiger partial charge is 0.339 e. The minimum atomic E-state index is -4.66. The van der Waals surface area contributed by atoms with E-state index >= 15 is 0 Å². The van der Waals surface area contributed by atoms with Gasteiger partial charge in [-0.25, -0.2) is 9.59 Å². The van der Waals surface area contributed by atoms with Crippen molar-refractivity contribution >= 4 is 43.3 Å². The van der Waals surface area contributed by atoms with Gasteiger partial charge in [0.15, 0.2) is 0 Å². The molecule has 3 rings (SSSR count). The van der Waals surface area contributed by atoms with Crippen molar-refractivity contribution < 1.29 is 54.5 Å². The standard InChI is InChI=1S/C34H28N4O12S2/c35-19-23(20-36)27-18-30(48-14-6-8-16-50-34(40)26-10-2-4-12-32(26)52(44,45)46)28(24(21-37)22-38)17-29(27)47-13-5-7-15-49-33(39)25-9-1-3-11-31(25)51(41,42)43/h1-4,9-12,17-18H,5-8,13-16H2,(H,41,42,43)(H,44,45,46). The summed E-state index contributed by atoms with van der Waals surface area (Å²) in [7, 11) is -9.33. The van der Waals surface area contributed by atoms with Crippen molar-refractivity contribution in [3.8, 4) is 35.8 Å². The lowest BCUT2D eigenvalue weighted by Crippen LogP contribution is -2.21. The first kappa shape index (κ1) is 40.2. The van der Waals surface area contributed by atoms with Gasteiger partial charge in [-0.05, 0) is 62.1 Å². The van der Waals surface area contributed by atoms with Gasteiger partial charge in [0.25, 0.3) is 20.2 Å². The maximum atomic E-state index is 12.4. The highest BCUT2D eigenvalue weighted by Crippen LogP contribution is 2.18. The zero-order valence-electron chi connectivity index (χ0n) is 27.0. The summed E-state index contributed by atoms with van der Waals surface area (Å²) in [5, 5.41) is 38.3. The highest BCUT2D eigenvalue weighted by molar-refractivity contribution is 7.86. The molecule has 16 nitrogen and oxygen atoms in total. The number of ether oxygens (including phenoxy) is 4. The Bertz CT molecular complexity index is 2170. The van der Waals surface area contributed by atoms with Crippen LogP contribution in [-0.2, 0) is 29.7 Å². The van der Waals surface area contributed by atoms with E-state index in [1.54, 1.807) is 24.3 Å². The molecule has 3 aromatic carbocycles. The fourth-order valence-electron chi connectivity index (χ4n) is 4.46. The second-order valence-corrected chi connectivity index (χ2v) is 13.1. The maximum Gasteiger partial charge on any atom is 0.339 e. The van der Waals surface area contributed by atoms with Gasteiger partial charge in [0, 0.05) is 10.4 Å². The van der Waals surface area contributed by atoms with Crippen LogP contribution in [-0.4, -0.2) is 64.3 Å². The highest BCUT2D eigenvalue weighted by Gasteiger charge is 2.22. The lowest BCUT2D eigenvalue weighted by atomic mass is 10.1. The molecule has 0 spiro atoms. The zero-order valence-corrected chi connectivity index (χ0v) is 28.6. The average molecular weight is 749 g/mol. The number of carbonyl (C=O) groups is 2. The van der Waals surface area contributed by atoms with Crippen molar-refractivity contribution in [1.82, 2.24) is 0 Å². The second kappa shape index (κ2) is 18.6. The van der Waals surface area contributed by atoms with Gasteiger partial charge in [0.2, 0.25) is 0 Å². The Balaban J connectivity index is 1.68. The van der Waals surface area contributed by atoms with Crippen LogP contribution in [0, 0.1) is 45.3 Å². The number of nitriles is 4. The number of benzene rings is 3. The molecular formula is C34H28N4O12S2. The Morgan fingerprint density at radius 2 is 0.885 bits per heavy atom. The van der Waals surface area contributed by atoms with Crippen LogP contribution in [0.1, 0.15) is 46.4 Å². The lowest BCUT2D eigenvalue weighted by Gasteiger charge is -2.12. The van der Waals surface area contributed by atoms with Crippen molar-refractivity contribution in [3.63, 3.8) is 0 Å². The molecule has 0 atom stereocenters.